The Kier molecular flexibility index (Phi) is 0.163. The second-order valence-corrected chi connectivity index (χ2v) is 2.24. The molecule has 4 bridgehead atoms. The Morgan fingerprint density at radius 1 is 1.71 bits per heavy atom. The minimum absolute atomic E-state index is 0.773. The van der Waals surface area contributed by atoms with Crippen molar-refractivity contribution in [3.05, 3.63) is 17.2 Å². The van der Waals surface area contributed by atoms with Gasteiger partial charge in [0.15, 0.2) is 0 Å². The lowest BCUT2D eigenvalue weighted by Crippen LogP contribution is -2.20. The van der Waals surface area contributed by atoms with Gasteiger partial charge in [0.2, 0.25) is 0 Å². The van der Waals surface area contributed by atoms with Crippen LogP contribution in [-0.2, 0) is 6.42 Å². The quantitative estimate of drug-likeness (QED) is 0.493. The first kappa shape index (κ1) is 2.50. The number of aromatic nitrogens is 2. The van der Waals surface area contributed by atoms with E-state index in [1.54, 1.807) is 0 Å². The van der Waals surface area contributed by atoms with E-state index in [2.05, 4.69) is 9.97 Å². The van der Waals surface area contributed by atoms with E-state index in [9.17, 15) is 0 Å². The molecule has 1 N–H and O–H groups in total. The Morgan fingerprint density at radius 2 is 2.71 bits per heavy atom. The zero-order valence-corrected chi connectivity index (χ0v) is 3.73. The molecule has 4 heterocycles. The van der Waals surface area contributed by atoms with Crippen LogP contribution in [0.5, 0.6) is 0 Å². The van der Waals surface area contributed by atoms with E-state index in [4.69, 9.17) is 0 Å². The third kappa shape index (κ3) is 0.0997. The molecule has 1 aliphatic carbocycles. The van der Waals surface area contributed by atoms with Crippen molar-refractivity contribution in [1.82, 2.24) is 9.97 Å². The summed E-state index contributed by atoms with van der Waals surface area (Å²) in [5, 5.41) is 0. The Morgan fingerprint density at radius 3 is 2.86 bits per heavy atom. The maximum atomic E-state index is 4.15. The Balaban J connectivity index is 2.73. The first-order chi connectivity index (χ1) is 3.45. The normalized spacial score (nSPS) is 28.9. The van der Waals surface area contributed by atoms with Crippen molar-refractivity contribution in [2.24, 2.45) is 0 Å². The van der Waals surface area contributed by atoms with Crippen molar-refractivity contribution in [2.75, 3.05) is 0 Å². The van der Waals surface area contributed by atoms with Gasteiger partial charge in [0.25, 0.3) is 0 Å². The van der Waals surface area contributed by atoms with Crippen LogP contribution in [0.3, 0.4) is 0 Å². The molecule has 0 radical (unpaired) electrons. The summed E-state index contributed by atoms with van der Waals surface area (Å²) in [6, 6.07) is 0. The molecular weight excluding hydrogens is 88.1 g/mol. The molecule has 2 heteroatoms. The molecule has 7 heavy (non-hydrogen) atoms. The van der Waals surface area contributed by atoms with Crippen LogP contribution >= 0.6 is 0 Å². The van der Waals surface area contributed by atoms with Crippen LogP contribution in [0.1, 0.15) is 23.1 Å². The van der Waals surface area contributed by atoms with E-state index in [0.29, 0.717) is 0 Å². The van der Waals surface area contributed by atoms with Gasteiger partial charge >= 0.3 is 0 Å². The smallest absolute Gasteiger partial charge is 0.116 e. The average molecular weight is 92.1 g/mol. The summed E-state index contributed by atoms with van der Waals surface area (Å²) in [6.07, 6.45) is 1.26. The van der Waals surface area contributed by atoms with Crippen LogP contribution in [0, 0.1) is 0 Å². The molecule has 34 valence electrons. The molecule has 1 aromatic rings. The lowest BCUT2D eigenvalue weighted by atomic mass is 9.85. The molecule has 0 aromatic carbocycles. The average Bonchev–Trinajstić information content (AvgIpc) is 2.14. The van der Waals surface area contributed by atoms with Crippen molar-refractivity contribution in [3.8, 4) is 0 Å². The fourth-order valence-corrected chi connectivity index (χ4v) is 1.38. The SMILES string of the molecule is C1c2[nH]c3nc2C13. The second kappa shape index (κ2) is 0.457. The minimum atomic E-state index is 0.773. The van der Waals surface area contributed by atoms with Crippen LogP contribution in [0.25, 0.3) is 0 Å². The summed E-state index contributed by atoms with van der Waals surface area (Å²) < 4.78 is 0. The highest BCUT2D eigenvalue weighted by Gasteiger charge is 2.43. The highest BCUT2D eigenvalue weighted by molar-refractivity contribution is 5.45. The Bertz CT molecular complexity index is 236. The summed E-state index contributed by atoms with van der Waals surface area (Å²) in [5.41, 5.74) is 2.73. The number of rotatable bonds is 0. The van der Waals surface area contributed by atoms with Crippen molar-refractivity contribution >= 4 is 0 Å². The molecular formula is C5H4N2. The van der Waals surface area contributed by atoms with E-state index in [-0.39, 0.29) is 0 Å². The molecule has 3 aliphatic heterocycles. The van der Waals surface area contributed by atoms with Gasteiger partial charge in [-0.05, 0) is 0 Å². The molecule has 4 aliphatic rings. The Hall–Kier alpha value is -0.790. The van der Waals surface area contributed by atoms with Gasteiger partial charge in [0.05, 0.1) is 11.6 Å². The fourth-order valence-electron chi connectivity index (χ4n) is 1.38. The van der Waals surface area contributed by atoms with Gasteiger partial charge in [-0.25, -0.2) is 4.98 Å². The van der Waals surface area contributed by atoms with E-state index in [0.717, 1.165) is 5.92 Å². The molecule has 0 fully saturated rings. The molecule has 1 unspecified atom stereocenters. The molecule has 0 amide bonds. The van der Waals surface area contributed by atoms with Gasteiger partial charge < -0.3 is 4.98 Å². The molecule has 2 nitrogen and oxygen atoms in total. The molecule has 5 rings (SSSR count). The second-order valence-electron chi connectivity index (χ2n) is 2.24. The van der Waals surface area contributed by atoms with Crippen LogP contribution in [0.4, 0.5) is 0 Å². The summed E-state index contributed by atoms with van der Waals surface area (Å²) in [7, 11) is 0. The molecule has 0 spiro atoms. The van der Waals surface area contributed by atoms with E-state index < -0.39 is 0 Å². The predicted molar refractivity (Wildman–Crippen MR) is 24.1 cm³/mol. The van der Waals surface area contributed by atoms with Gasteiger partial charge in [-0.2, -0.15) is 0 Å². The third-order valence-corrected chi connectivity index (χ3v) is 1.90. The van der Waals surface area contributed by atoms with Crippen LogP contribution in [0.2, 0.25) is 0 Å². The summed E-state index contributed by atoms with van der Waals surface area (Å²) in [6.45, 7) is 0. The number of nitrogens with zero attached hydrogens (tertiary/aromatic N) is 1. The lowest BCUT2D eigenvalue weighted by Gasteiger charge is -2.22. The first-order valence-electron chi connectivity index (χ1n) is 2.54. The molecule has 0 saturated carbocycles. The van der Waals surface area contributed by atoms with Crippen LogP contribution in [0.15, 0.2) is 0 Å². The topological polar surface area (TPSA) is 28.7 Å². The molecule has 0 saturated heterocycles. The highest BCUT2D eigenvalue weighted by Crippen LogP contribution is 2.46. The molecule has 1 atom stereocenters. The standard InChI is InChI=1S/C5H4N2/c1-2-4-3(1)6-5(2)7-4/h2H,1H2,(H,6,7). The third-order valence-electron chi connectivity index (χ3n) is 1.90. The van der Waals surface area contributed by atoms with Gasteiger partial charge in [-0.15, -0.1) is 0 Å². The van der Waals surface area contributed by atoms with E-state index in [1.807, 2.05) is 0 Å². The van der Waals surface area contributed by atoms with Gasteiger partial charge in [-0.3, -0.25) is 0 Å². The summed E-state index contributed by atoms with van der Waals surface area (Å²) >= 11 is 0. The zero-order chi connectivity index (χ0) is 4.43. The lowest BCUT2D eigenvalue weighted by molar-refractivity contribution is 0.630. The fraction of sp³-hybridized carbons (Fsp3) is 0.400. The predicted octanol–water partition coefficient (Wildman–Crippen LogP) is 0.411. The first-order valence-corrected chi connectivity index (χ1v) is 2.54. The van der Waals surface area contributed by atoms with Crippen molar-refractivity contribution in [1.29, 1.82) is 0 Å². The maximum absolute atomic E-state index is 4.15. The number of nitrogens with one attached hydrogen (secondary N) is 1. The summed E-state index contributed by atoms with van der Waals surface area (Å²) in [5.74, 6) is 2.00. The highest BCUT2D eigenvalue weighted by atomic mass is 15.1. The number of hydrogen-bond donors (Lipinski definition) is 1. The van der Waals surface area contributed by atoms with Crippen molar-refractivity contribution in [3.63, 3.8) is 0 Å². The molecule has 1 aromatic heterocycles. The minimum Gasteiger partial charge on any atom is -0.345 e. The van der Waals surface area contributed by atoms with Crippen molar-refractivity contribution in [2.45, 2.75) is 12.3 Å². The Labute approximate surface area is 40.6 Å². The number of hydrogen-bond acceptors (Lipinski definition) is 1. The van der Waals surface area contributed by atoms with Crippen LogP contribution in [-0.4, -0.2) is 9.97 Å². The monoisotopic (exact) mass is 92.0 g/mol. The van der Waals surface area contributed by atoms with E-state index in [1.165, 1.54) is 23.6 Å². The number of H-pyrrole nitrogens is 1. The van der Waals surface area contributed by atoms with Gasteiger partial charge in [0.1, 0.15) is 5.82 Å². The van der Waals surface area contributed by atoms with Gasteiger partial charge in [-0.1, -0.05) is 0 Å². The van der Waals surface area contributed by atoms with Gasteiger partial charge in [0, 0.05) is 12.1 Å². The number of imidazole rings is 1. The largest absolute Gasteiger partial charge is 0.345 e. The maximum Gasteiger partial charge on any atom is 0.116 e. The van der Waals surface area contributed by atoms with Crippen molar-refractivity contribution < 1.29 is 0 Å². The van der Waals surface area contributed by atoms with E-state index >= 15 is 0 Å². The summed E-state index contributed by atoms with van der Waals surface area (Å²) in [4.78, 5) is 7.34. The van der Waals surface area contributed by atoms with Crippen LogP contribution < -0.4 is 0 Å². The zero-order valence-electron chi connectivity index (χ0n) is 3.73. The number of aromatic amines is 1.